The third-order valence-corrected chi connectivity index (χ3v) is 3.39. The number of hydrogen-bond acceptors (Lipinski definition) is 2. The summed E-state index contributed by atoms with van der Waals surface area (Å²) >= 11 is 0. The summed E-state index contributed by atoms with van der Waals surface area (Å²) in [6.07, 6.45) is 2.00. The second kappa shape index (κ2) is 9.08. The highest BCUT2D eigenvalue weighted by molar-refractivity contribution is 5.82. The van der Waals surface area contributed by atoms with E-state index in [1.807, 2.05) is 48.7 Å². The van der Waals surface area contributed by atoms with Gasteiger partial charge < -0.3 is 20.2 Å². The Bertz CT molecular complexity index is 934. The lowest BCUT2D eigenvalue weighted by molar-refractivity contribution is -0.136. The van der Waals surface area contributed by atoms with Crippen molar-refractivity contribution >= 4 is 33.7 Å². The SMILES string of the molecule is CC(=O)O.O=C(O)Cc1cc2ccccc2[nH]1.c1ccc2[nH]ccc2c1. The van der Waals surface area contributed by atoms with Crippen LogP contribution in [-0.4, -0.2) is 32.1 Å². The summed E-state index contributed by atoms with van der Waals surface area (Å²) < 4.78 is 0. The van der Waals surface area contributed by atoms with E-state index in [4.69, 9.17) is 15.0 Å². The first-order valence-electron chi connectivity index (χ1n) is 7.96. The molecule has 26 heavy (non-hydrogen) atoms. The van der Waals surface area contributed by atoms with Crippen LogP contribution in [0.25, 0.3) is 21.8 Å². The fourth-order valence-corrected chi connectivity index (χ4v) is 2.39. The van der Waals surface area contributed by atoms with Crippen molar-refractivity contribution in [3.63, 3.8) is 0 Å². The summed E-state index contributed by atoms with van der Waals surface area (Å²) in [4.78, 5) is 25.6. The molecule has 2 heterocycles. The van der Waals surface area contributed by atoms with Gasteiger partial charge in [-0.1, -0.05) is 36.4 Å². The highest BCUT2D eigenvalue weighted by Gasteiger charge is 2.03. The number of nitrogens with one attached hydrogen (secondary N) is 2. The zero-order valence-electron chi connectivity index (χ0n) is 14.3. The number of aromatic nitrogens is 2. The molecule has 0 saturated carbocycles. The maximum absolute atomic E-state index is 10.4. The number of benzene rings is 2. The Morgan fingerprint density at radius 1 is 0.885 bits per heavy atom. The zero-order valence-corrected chi connectivity index (χ0v) is 14.3. The van der Waals surface area contributed by atoms with Gasteiger partial charge in [0.25, 0.3) is 5.97 Å². The predicted octanol–water partition coefficient (Wildman–Crippen LogP) is 4.05. The second-order valence-corrected chi connectivity index (χ2v) is 5.54. The van der Waals surface area contributed by atoms with E-state index in [-0.39, 0.29) is 6.42 Å². The number of carbonyl (C=O) groups is 2. The van der Waals surface area contributed by atoms with Crippen molar-refractivity contribution in [3.8, 4) is 0 Å². The molecule has 0 atom stereocenters. The van der Waals surface area contributed by atoms with Crippen LogP contribution in [0, 0.1) is 0 Å². The van der Waals surface area contributed by atoms with E-state index in [1.54, 1.807) is 0 Å². The van der Waals surface area contributed by atoms with Gasteiger partial charge in [0.15, 0.2) is 0 Å². The molecule has 2 aromatic heterocycles. The first-order valence-corrected chi connectivity index (χ1v) is 7.96. The van der Waals surface area contributed by atoms with Gasteiger partial charge in [-0.25, -0.2) is 0 Å². The molecule has 0 aliphatic heterocycles. The minimum absolute atomic E-state index is 0.0503. The molecule has 0 fully saturated rings. The van der Waals surface area contributed by atoms with Crippen LogP contribution >= 0.6 is 0 Å². The quantitative estimate of drug-likeness (QED) is 0.436. The van der Waals surface area contributed by atoms with Gasteiger partial charge in [-0.2, -0.15) is 0 Å². The monoisotopic (exact) mass is 352 g/mol. The second-order valence-electron chi connectivity index (χ2n) is 5.54. The van der Waals surface area contributed by atoms with Gasteiger partial charge in [-0.05, 0) is 35.0 Å². The minimum atomic E-state index is -0.833. The van der Waals surface area contributed by atoms with Crippen molar-refractivity contribution in [3.05, 3.63) is 72.6 Å². The molecule has 2 aromatic carbocycles. The molecule has 0 unspecified atom stereocenters. The number of para-hydroxylation sites is 2. The standard InChI is InChI=1S/C10H9NO2.C8H7N.C2H4O2/c12-10(13)6-8-5-7-3-1-2-4-9(7)11-8;1-2-4-8-7(3-1)5-6-9-8;1-2(3)4/h1-5,11H,6H2,(H,12,13);1-6,9H;1H3,(H,3,4). The van der Waals surface area contributed by atoms with E-state index in [1.165, 1.54) is 10.9 Å². The topological polar surface area (TPSA) is 106 Å². The van der Waals surface area contributed by atoms with Crippen LogP contribution in [0.15, 0.2) is 66.9 Å². The maximum Gasteiger partial charge on any atom is 0.309 e. The molecule has 0 saturated heterocycles. The van der Waals surface area contributed by atoms with E-state index < -0.39 is 11.9 Å². The molecule has 0 spiro atoms. The molecule has 0 bridgehead atoms. The zero-order chi connectivity index (χ0) is 18.9. The van der Waals surface area contributed by atoms with Gasteiger partial charge in [0.05, 0.1) is 6.42 Å². The molecule has 6 heteroatoms. The molecule has 4 N–H and O–H groups in total. The van der Waals surface area contributed by atoms with Crippen LogP contribution in [0.5, 0.6) is 0 Å². The van der Waals surface area contributed by atoms with E-state index in [9.17, 15) is 4.79 Å². The van der Waals surface area contributed by atoms with Crippen molar-refractivity contribution in [2.45, 2.75) is 13.3 Å². The molecule has 0 radical (unpaired) electrons. The Balaban J connectivity index is 0.000000162. The first-order chi connectivity index (χ1) is 12.5. The summed E-state index contributed by atoms with van der Waals surface area (Å²) in [5, 5.41) is 18.3. The third kappa shape index (κ3) is 5.83. The minimum Gasteiger partial charge on any atom is -0.481 e. The molecular weight excluding hydrogens is 332 g/mol. The highest BCUT2D eigenvalue weighted by atomic mass is 16.4. The number of aromatic amines is 2. The van der Waals surface area contributed by atoms with Crippen molar-refractivity contribution < 1.29 is 19.8 Å². The molecule has 0 aliphatic rings. The summed E-state index contributed by atoms with van der Waals surface area (Å²) in [6, 6.07) is 19.9. The molecular formula is C20H20N2O4. The van der Waals surface area contributed by atoms with Crippen molar-refractivity contribution in [2.24, 2.45) is 0 Å². The van der Waals surface area contributed by atoms with Crippen molar-refractivity contribution in [1.29, 1.82) is 0 Å². The normalized spacial score (nSPS) is 9.73. The number of hydrogen-bond donors (Lipinski definition) is 4. The lowest BCUT2D eigenvalue weighted by Gasteiger charge is -1.88. The lowest BCUT2D eigenvalue weighted by atomic mass is 10.2. The Hall–Kier alpha value is -3.54. The van der Waals surface area contributed by atoms with Gasteiger partial charge in [-0.15, -0.1) is 0 Å². The van der Waals surface area contributed by atoms with E-state index in [0.717, 1.165) is 23.5 Å². The molecule has 0 aliphatic carbocycles. The number of fused-ring (bicyclic) bond motifs is 2. The predicted molar refractivity (Wildman–Crippen MR) is 101 cm³/mol. The number of aliphatic carboxylic acids is 2. The summed E-state index contributed by atoms with van der Waals surface area (Å²) in [5.41, 5.74) is 2.94. The average molecular weight is 352 g/mol. The number of H-pyrrole nitrogens is 2. The van der Waals surface area contributed by atoms with Crippen LogP contribution in [0.3, 0.4) is 0 Å². The van der Waals surface area contributed by atoms with Gasteiger partial charge in [0, 0.05) is 29.8 Å². The van der Waals surface area contributed by atoms with Crippen molar-refractivity contribution in [1.82, 2.24) is 9.97 Å². The summed E-state index contributed by atoms with van der Waals surface area (Å²) in [5.74, 6) is -1.65. The smallest absolute Gasteiger partial charge is 0.309 e. The van der Waals surface area contributed by atoms with E-state index in [2.05, 4.69) is 28.2 Å². The number of carboxylic acids is 2. The summed E-state index contributed by atoms with van der Waals surface area (Å²) in [7, 11) is 0. The van der Waals surface area contributed by atoms with Gasteiger partial charge in [0.1, 0.15) is 0 Å². The average Bonchev–Trinajstić information content (AvgIpc) is 3.20. The molecule has 0 amide bonds. The fourth-order valence-electron chi connectivity index (χ4n) is 2.39. The number of rotatable bonds is 2. The van der Waals surface area contributed by atoms with Crippen LogP contribution < -0.4 is 0 Å². The molecule has 4 rings (SSSR count). The summed E-state index contributed by atoms with van der Waals surface area (Å²) in [6.45, 7) is 1.08. The largest absolute Gasteiger partial charge is 0.481 e. The van der Waals surface area contributed by atoms with Crippen LogP contribution in [0.4, 0.5) is 0 Å². The van der Waals surface area contributed by atoms with E-state index >= 15 is 0 Å². The molecule has 134 valence electrons. The van der Waals surface area contributed by atoms with Gasteiger partial charge in [-0.3, -0.25) is 9.59 Å². The van der Waals surface area contributed by atoms with Crippen LogP contribution in [0.1, 0.15) is 12.6 Å². The Morgan fingerprint density at radius 2 is 1.46 bits per heavy atom. The maximum atomic E-state index is 10.4. The van der Waals surface area contributed by atoms with Crippen LogP contribution in [-0.2, 0) is 16.0 Å². The Kier molecular flexibility index (Phi) is 6.56. The van der Waals surface area contributed by atoms with E-state index in [0.29, 0.717) is 0 Å². The van der Waals surface area contributed by atoms with Crippen LogP contribution in [0.2, 0.25) is 0 Å². The Morgan fingerprint density at radius 3 is 2.04 bits per heavy atom. The molecule has 6 nitrogen and oxygen atoms in total. The Labute approximate surface area is 150 Å². The molecule has 4 aromatic rings. The highest BCUT2D eigenvalue weighted by Crippen LogP contribution is 2.14. The lowest BCUT2D eigenvalue weighted by Crippen LogP contribution is -1.99. The number of carboxylic acid groups (broad SMARTS) is 2. The first kappa shape index (κ1) is 18.8. The fraction of sp³-hybridized carbons (Fsp3) is 0.100. The van der Waals surface area contributed by atoms with Gasteiger partial charge >= 0.3 is 5.97 Å². The van der Waals surface area contributed by atoms with Gasteiger partial charge in [0.2, 0.25) is 0 Å². The van der Waals surface area contributed by atoms with Crippen molar-refractivity contribution in [2.75, 3.05) is 0 Å². The third-order valence-electron chi connectivity index (χ3n) is 3.39.